The van der Waals surface area contributed by atoms with Crippen molar-refractivity contribution in [2.45, 2.75) is 32.7 Å². The van der Waals surface area contributed by atoms with E-state index >= 15 is 0 Å². The van der Waals surface area contributed by atoms with E-state index in [-0.39, 0.29) is 12.6 Å². The second-order valence-corrected chi connectivity index (χ2v) is 4.04. The first-order valence-electron chi connectivity index (χ1n) is 6.36. The lowest BCUT2D eigenvalue weighted by molar-refractivity contribution is 0.214. The molecule has 0 spiro atoms. The fraction of sp³-hybridized carbons (Fsp3) is 0.571. The summed E-state index contributed by atoms with van der Waals surface area (Å²) in [6.07, 6.45) is 1.70. The number of likely N-dealkylation sites (N-methyl/N-ethyl adjacent to an activating group) is 1. The summed E-state index contributed by atoms with van der Waals surface area (Å²) < 4.78 is 5.82. The van der Waals surface area contributed by atoms with Crippen LogP contribution in [0.5, 0.6) is 5.75 Å². The maximum absolute atomic E-state index is 8.97. The average molecular weight is 237 g/mol. The molecule has 0 bridgehead atoms. The molecule has 0 saturated heterocycles. The third-order valence-corrected chi connectivity index (χ3v) is 2.76. The zero-order chi connectivity index (χ0) is 12.5. The van der Waals surface area contributed by atoms with Crippen molar-refractivity contribution in [2.24, 2.45) is 0 Å². The first kappa shape index (κ1) is 14.0. The Morgan fingerprint density at radius 2 is 2.06 bits per heavy atom. The Balaban J connectivity index is 2.52. The van der Waals surface area contributed by atoms with Crippen LogP contribution in [0.4, 0.5) is 0 Å². The van der Waals surface area contributed by atoms with Gasteiger partial charge in [0.25, 0.3) is 0 Å². The van der Waals surface area contributed by atoms with Gasteiger partial charge in [-0.15, -0.1) is 0 Å². The van der Waals surface area contributed by atoms with Gasteiger partial charge < -0.3 is 15.2 Å². The Kier molecular flexibility index (Phi) is 6.67. The number of benzene rings is 1. The van der Waals surface area contributed by atoms with Gasteiger partial charge in [0.15, 0.2) is 0 Å². The SMILES string of the molecule is CCNC(CCO)COc1ccccc1CC. The van der Waals surface area contributed by atoms with E-state index in [2.05, 4.69) is 25.2 Å². The largest absolute Gasteiger partial charge is 0.492 e. The van der Waals surface area contributed by atoms with Crippen molar-refractivity contribution in [3.05, 3.63) is 29.8 Å². The van der Waals surface area contributed by atoms with E-state index in [0.29, 0.717) is 6.61 Å². The summed E-state index contributed by atoms with van der Waals surface area (Å²) in [5.74, 6) is 0.954. The Hall–Kier alpha value is -1.06. The molecule has 2 N–H and O–H groups in total. The number of aryl methyl sites for hydroxylation is 1. The van der Waals surface area contributed by atoms with Crippen molar-refractivity contribution in [1.29, 1.82) is 0 Å². The Bertz CT molecular complexity index is 309. The number of aliphatic hydroxyl groups excluding tert-OH is 1. The lowest BCUT2D eigenvalue weighted by atomic mass is 10.1. The number of aliphatic hydroxyl groups is 1. The van der Waals surface area contributed by atoms with Crippen molar-refractivity contribution in [3.8, 4) is 5.75 Å². The minimum atomic E-state index is 0.191. The molecule has 3 nitrogen and oxygen atoms in total. The molecule has 0 fully saturated rings. The Morgan fingerprint density at radius 1 is 1.29 bits per heavy atom. The third-order valence-electron chi connectivity index (χ3n) is 2.76. The highest BCUT2D eigenvalue weighted by Gasteiger charge is 2.08. The van der Waals surface area contributed by atoms with Gasteiger partial charge in [-0.2, -0.15) is 0 Å². The van der Waals surface area contributed by atoms with Gasteiger partial charge in [-0.3, -0.25) is 0 Å². The van der Waals surface area contributed by atoms with E-state index < -0.39 is 0 Å². The van der Waals surface area contributed by atoms with E-state index in [1.165, 1.54) is 5.56 Å². The van der Waals surface area contributed by atoms with Gasteiger partial charge in [0.05, 0.1) is 0 Å². The fourth-order valence-corrected chi connectivity index (χ4v) is 1.82. The second kappa shape index (κ2) is 8.09. The number of ether oxygens (including phenoxy) is 1. The van der Waals surface area contributed by atoms with Crippen LogP contribution in [0.25, 0.3) is 0 Å². The second-order valence-electron chi connectivity index (χ2n) is 4.04. The van der Waals surface area contributed by atoms with Crippen molar-refractivity contribution in [3.63, 3.8) is 0 Å². The van der Waals surface area contributed by atoms with Crippen LogP contribution < -0.4 is 10.1 Å². The highest BCUT2D eigenvalue weighted by molar-refractivity contribution is 5.33. The number of rotatable bonds is 8. The highest BCUT2D eigenvalue weighted by atomic mass is 16.5. The van der Waals surface area contributed by atoms with Crippen molar-refractivity contribution < 1.29 is 9.84 Å². The molecule has 3 heteroatoms. The maximum Gasteiger partial charge on any atom is 0.122 e. The maximum atomic E-state index is 8.97. The standard InChI is InChI=1S/C14H23NO2/c1-3-12-7-5-6-8-14(12)17-11-13(9-10-16)15-4-2/h5-8,13,15-16H,3-4,9-11H2,1-2H3. The number of hydrogen-bond acceptors (Lipinski definition) is 3. The summed E-state index contributed by atoms with van der Waals surface area (Å²) in [6.45, 7) is 5.87. The molecule has 0 aliphatic heterocycles. The molecule has 17 heavy (non-hydrogen) atoms. The van der Waals surface area contributed by atoms with Crippen molar-refractivity contribution in [2.75, 3.05) is 19.8 Å². The van der Waals surface area contributed by atoms with Crippen molar-refractivity contribution in [1.82, 2.24) is 5.32 Å². The van der Waals surface area contributed by atoms with E-state index in [9.17, 15) is 0 Å². The van der Waals surface area contributed by atoms with E-state index in [1.54, 1.807) is 0 Å². The quantitative estimate of drug-likeness (QED) is 0.726. The molecule has 0 aliphatic carbocycles. The Labute approximate surface area is 104 Å². The van der Waals surface area contributed by atoms with Gasteiger partial charge in [-0.1, -0.05) is 32.0 Å². The van der Waals surface area contributed by atoms with Gasteiger partial charge in [0.1, 0.15) is 12.4 Å². The molecule has 1 aromatic carbocycles. The molecule has 1 unspecified atom stereocenters. The monoisotopic (exact) mass is 237 g/mol. The van der Waals surface area contributed by atoms with Gasteiger partial charge in [0, 0.05) is 12.6 Å². The first-order valence-corrected chi connectivity index (χ1v) is 6.36. The lowest BCUT2D eigenvalue weighted by Gasteiger charge is -2.18. The number of hydrogen-bond donors (Lipinski definition) is 2. The average Bonchev–Trinajstić information content (AvgIpc) is 2.37. The fourth-order valence-electron chi connectivity index (χ4n) is 1.82. The minimum Gasteiger partial charge on any atom is -0.492 e. The van der Waals surface area contributed by atoms with Crippen LogP contribution in [0.1, 0.15) is 25.8 Å². The number of nitrogens with one attached hydrogen (secondary N) is 1. The topological polar surface area (TPSA) is 41.5 Å². The predicted molar refractivity (Wildman–Crippen MR) is 70.5 cm³/mol. The highest BCUT2D eigenvalue weighted by Crippen LogP contribution is 2.18. The third kappa shape index (κ3) is 4.75. The lowest BCUT2D eigenvalue weighted by Crippen LogP contribution is -2.35. The van der Waals surface area contributed by atoms with E-state index in [1.807, 2.05) is 18.2 Å². The van der Waals surface area contributed by atoms with Gasteiger partial charge in [0.2, 0.25) is 0 Å². The molecule has 0 heterocycles. The molecular weight excluding hydrogens is 214 g/mol. The number of para-hydroxylation sites is 1. The summed E-state index contributed by atoms with van der Waals surface area (Å²) in [7, 11) is 0. The van der Waals surface area contributed by atoms with Crippen LogP contribution in [-0.4, -0.2) is 30.9 Å². The van der Waals surface area contributed by atoms with E-state index in [0.717, 1.165) is 25.1 Å². The summed E-state index contributed by atoms with van der Waals surface area (Å²) in [6, 6.07) is 8.32. The molecular formula is C14H23NO2. The molecule has 0 saturated carbocycles. The molecule has 1 rings (SSSR count). The molecule has 0 amide bonds. The predicted octanol–water partition coefficient (Wildman–Crippen LogP) is 1.99. The molecule has 96 valence electrons. The van der Waals surface area contributed by atoms with Gasteiger partial charge in [-0.05, 0) is 31.0 Å². The zero-order valence-corrected chi connectivity index (χ0v) is 10.8. The summed E-state index contributed by atoms with van der Waals surface area (Å²) in [5, 5.41) is 12.3. The normalized spacial score (nSPS) is 12.4. The smallest absolute Gasteiger partial charge is 0.122 e. The zero-order valence-electron chi connectivity index (χ0n) is 10.8. The first-order chi connectivity index (χ1) is 8.31. The van der Waals surface area contributed by atoms with Crippen LogP contribution in [0.3, 0.4) is 0 Å². The van der Waals surface area contributed by atoms with Crippen LogP contribution in [0, 0.1) is 0 Å². The van der Waals surface area contributed by atoms with Crippen LogP contribution >= 0.6 is 0 Å². The minimum absolute atomic E-state index is 0.191. The molecule has 1 atom stereocenters. The summed E-state index contributed by atoms with van der Waals surface area (Å²) >= 11 is 0. The molecule has 1 aromatic rings. The summed E-state index contributed by atoms with van der Waals surface area (Å²) in [4.78, 5) is 0. The van der Waals surface area contributed by atoms with Gasteiger partial charge in [-0.25, -0.2) is 0 Å². The van der Waals surface area contributed by atoms with Crippen LogP contribution in [-0.2, 0) is 6.42 Å². The molecule has 0 aliphatic rings. The van der Waals surface area contributed by atoms with E-state index in [4.69, 9.17) is 9.84 Å². The molecule has 0 radical (unpaired) electrons. The van der Waals surface area contributed by atoms with Crippen LogP contribution in [0.2, 0.25) is 0 Å². The van der Waals surface area contributed by atoms with Crippen LogP contribution in [0.15, 0.2) is 24.3 Å². The Morgan fingerprint density at radius 3 is 2.71 bits per heavy atom. The van der Waals surface area contributed by atoms with Gasteiger partial charge >= 0.3 is 0 Å². The molecule has 0 aromatic heterocycles. The van der Waals surface area contributed by atoms with Crippen molar-refractivity contribution >= 4 is 0 Å². The summed E-state index contributed by atoms with van der Waals surface area (Å²) in [5.41, 5.74) is 1.23.